The summed E-state index contributed by atoms with van der Waals surface area (Å²) in [7, 11) is 0. The summed E-state index contributed by atoms with van der Waals surface area (Å²) in [6.45, 7) is 0. The van der Waals surface area contributed by atoms with Gasteiger partial charge in [-0.05, 0) is 30.3 Å². The molecule has 0 aliphatic rings. The number of allylic oxidation sites excluding steroid dienone is 2. The van der Waals surface area contributed by atoms with Gasteiger partial charge in [0, 0.05) is 16.7 Å². The van der Waals surface area contributed by atoms with Crippen LogP contribution in [0.5, 0.6) is 0 Å². The van der Waals surface area contributed by atoms with Crippen LogP contribution >= 0.6 is 11.6 Å². The summed E-state index contributed by atoms with van der Waals surface area (Å²) in [5, 5.41) is 0.502. The number of halogens is 1. The van der Waals surface area contributed by atoms with Crippen LogP contribution in [-0.4, -0.2) is 22.6 Å². The smallest absolute Gasteiger partial charge is 0.361 e. The summed E-state index contributed by atoms with van der Waals surface area (Å²) in [6.07, 6.45) is 2.69. The fourth-order valence-corrected chi connectivity index (χ4v) is 1.16. The summed E-state index contributed by atoms with van der Waals surface area (Å²) >= 11 is 5.66. The predicted molar refractivity (Wildman–Crippen MR) is 59.6 cm³/mol. The minimum absolute atomic E-state index is 0.213. The first-order valence-corrected chi connectivity index (χ1v) is 4.71. The van der Waals surface area contributed by atoms with E-state index >= 15 is 0 Å². The van der Waals surface area contributed by atoms with Crippen LogP contribution < -0.4 is 0 Å². The Balaban J connectivity index is 3.01. The molecule has 0 unspecified atom stereocenters. The van der Waals surface area contributed by atoms with Gasteiger partial charge in [0.15, 0.2) is 0 Å². The summed E-state index contributed by atoms with van der Waals surface area (Å²) in [5.74, 6) is -0.489. The lowest BCUT2D eigenvalue weighted by molar-refractivity contribution is -0.104. The first kappa shape index (κ1) is 12.0. The standard InChI is InChI=1S/C11H7ClN2O2/c12-9-5-3-8(4-6-9)11(16)10(14-13)2-1-7-15/h1-7H/b2-1+. The van der Waals surface area contributed by atoms with Crippen LogP contribution in [0.4, 0.5) is 0 Å². The van der Waals surface area contributed by atoms with Gasteiger partial charge in [0.05, 0.1) is 0 Å². The van der Waals surface area contributed by atoms with Crippen molar-refractivity contribution in [3.05, 3.63) is 52.5 Å². The molecular weight excluding hydrogens is 228 g/mol. The molecule has 0 atom stereocenters. The molecule has 1 aromatic rings. The lowest BCUT2D eigenvalue weighted by Gasteiger charge is -1.94. The fraction of sp³-hybridized carbons (Fsp3) is 0. The van der Waals surface area contributed by atoms with Gasteiger partial charge in [-0.25, -0.2) is 0 Å². The molecule has 0 aliphatic heterocycles. The molecule has 0 fully saturated rings. The minimum atomic E-state index is -0.489. The molecule has 0 amide bonds. The van der Waals surface area contributed by atoms with Gasteiger partial charge in [-0.1, -0.05) is 11.6 Å². The summed E-state index contributed by atoms with van der Waals surface area (Å²) in [6, 6.07) is 6.11. The molecule has 0 N–H and O–H groups in total. The van der Waals surface area contributed by atoms with Crippen molar-refractivity contribution in [1.29, 1.82) is 0 Å². The highest BCUT2D eigenvalue weighted by molar-refractivity contribution is 6.48. The second-order valence-electron chi connectivity index (χ2n) is 2.82. The van der Waals surface area contributed by atoms with Crippen LogP contribution in [0.3, 0.4) is 0 Å². The van der Waals surface area contributed by atoms with Crippen molar-refractivity contribution < 1.29 is 14.4 Å². The lowest BCUT2D eigenvalue weighted by Crippen LogP contribution is -2.12. The minimum Gasteiger partial charge on any atom is -0.361 e. The zero-order valence-electron chi connectivity index (χ0n) is 8.13. The monoisotopic (exact) mass is 234 g/mol. The number of aldehydes is 1. The van der Waals surface area contributed by atoms with Crippen molar-refractivity contribution in [2.75, 3.05) is 0 Å². The SMILES string of the molecule is [N-]=[N+]=C(/C=C/C=O)C(=O)c1ccc(Cl)cc1. The second-order valence-corrected chi connectivity index (χ2v) is 3.25. The molecule has 0 aliphatic carbocycles. The predicted octanol–water partition coefficient (Wildman–Crippen LogP) is 1.95. The number of nitrogens with zero attached hydrogens (tertiary/aromatic N) is 2. The molecular formula is C11H7ClN2O2. The molecule has 1 rings (SSSR count). The van der Waals surface area contributed by atoms with Crippen LogP contribution in [0.25, 0.3) is 5.53 Å². The van der Waals surface area contributed by atoms with Gasteiger partial charge in [0.1, 0.15) is 6.29 Å². The van der Waals surface area contributed by atoms with E-state index in [0.29, 0.717) is 16.9 Å². The molecule has 0 saturated heterocycles. The molecule has 80 valence electrons. The van der Waals surface area contributed by atoms with Gasteiger partial charge < -0.3 is 5.53 Å². The van der Waals surface area contributed by atoms with E-state index in [4.69, 9.17) is 17.1 Å². The largest absolute Gasteiger partial charge is 0.362 e. The number of ketones is 1. The van der Waals surface area contributed by atoms with Crippen molar-refractivity contribution in [2.45, 2.75) is 0 Å². The van der Waals surface area contributed by atoms with Crippen molar-refractivity contribution >= 4 is 29.4 Å². The molecule has 0 spiro atoms. The Morgan fingerprint density at radius 3 is 2.44 bits per heavy atom. The average Bonchev–Trinajstić information content (AvgIpc) is 2.30. The Morgan fingerprint density at radius 2 is 1.94 bits per heavy atom. The van der Waals surface area contributed by atoms with Crippen LogP contribution in [0, 0.1) is 0 Å². The van der Waals surface area contributed by atoms with E-state index in [1.807, 2.05) is 0 Å². The Labute approximate surface area is 96.8 Å². The number of benzene rings is 1. The third-order valence-corrected chi connectivity index (χ3v) is 2.03. The van der Waals surface area contributed by atoms with Crippen molar-refractivity contribution in [3.63, 3.8) is 0 Å². The summed E-state index contributed by atoms with van der Waals surface area (Å²) in [4.78, 5) is 24.6. The van der Waals surface area contributed by atoms with Crippen molar-refractivity contribution in [3.8, 4) is 0 Å². The van der Waals surface area contributed by atoms with Gasteiger partial charge >= 0.3 is 5.71 Å². The number of hydrogen-bond donors (Lipinski definition) is 0. The van der Waals surface area contributed by atoms with E-state index < -0.39 is 5.78 Å². The van der Waals surface area contributed by atoms with Crippen LogP contribution in [0.1, 0.15) is 10.4 Å². The van der Waals surface area contributed by atoms with E-state index in [1.165, 1.54) is 12.1 Å². The molecule has 1 aromatic carbocycles. The third-order valence-electron chi connectivity index (χ3n) is 1.78. The first-order chi connectivity index (χ1) is 7.69. The topological polar surface area (TPSA) is 70.5 Å². The number of hydrogen-bond acceptors (Lipinski definition) is 2. The highest BCUT2D eigenvalue weighted by Gasteiger charge is 2.18. The molecule has 0 aromatic heterocycles. The number of carbonyl (C=O) groups excluding carboxylic acids is 2. The maximum absolute atomic E-state index is 11.7. The van der Waals surface area contributed by atoms with E-state index in [2.05, 4.69) is 4.79 Å². The average molecular weight is 235 g/mol. The normalized spacial score (nSPS) is 9.81. The number of rotatable bonds is 4. The highest BCUT2D eigenvalue weighted by atomic mass is 35.5. The van der Waals surface area contributed by atoms with E-state index in [0.717, 1.165) is 12.2 Å². The van der Waals surface area contributed by atoms with Crippen LogP contribution in [0.15, 0.2) is 36.4 Å². The fourth-order valence-electron chi connectivity index (χ4n) is 1.03. The quantitative estimate of drug-likeness (QED) is 0.199. The maximum Gasteiger partial charge on any atom is 0.362 e. The van der Waals surface area contributed by atoms with Crippen molar-refractivity contribution in [2.24, 2.45) is 0 Å². The molecule has 0 bridgehead atoms. The Kier molecular flexibility index (Phi) is 4.33. The van der Waals surface area contributed by atoms with E-state index in [1.54, 1.807) is 12.1 Å². The molecule has 0 radical (unpaired) electrons. The Morgan fingerprint density at radius 1 is 1.31 bits per heavy atom. The molecule has 4 nitrogen and oxygen atoms in total. The van der Waals surface area contributed by atoms with Crippen LogP contribution in [0.2, 0.25) is 5.02 Å². The first-order valence-electron chi connectivity index (χ1n) is 4.33. The summed E-state index contributed by atoms with van der Waals surface area (Å²) in [5.41, 5.74) is 8.73. The maximum atomic E-state index is 11.7. The van der Waals surface area contributed by atoms with Crippen LogP contribution in [-0.2, 0) is 4.79 Å². The molecule has 5 heteroatoms. The Hall–Kier alpha value is -2.03. The Bertz CT molecular complexity index is 485. The zero-order chi connectivity index (χ0) is 12.0. The van der Waals surface area contributed by atoms with Crippen molar-refractivity contribution in [1.82, 2.24) is 0 Å². The van der Waals surface area contributed by atoms with Gasteiger partial charge in [-0.15, -0.1) is 0 Å². The third kappa shape index (κ3) is 2.98. The second kappa shape index (κ2) is 5.75. The van der Waals surface area contributed by atoms with E-state index in [9.17, 15) is 9.59 Å². The molecule has 16 heavy (non-hydrogen) atoms. The van der Waals surface area contributed by atoms with Gasteiger partial charge in [-0.2, -0.15) is 4.79 Å². The molecule has 0 saturated carbocycles. The summed E-state index contributed by atoms with van der Waals surface area (Å²) < 4.78 is 0. The van der Waals surface area contributed by atoms with Gasteiger partial charge in [-0.3, -0.25) is 9.59 Å². The highest BCUT2D eigenvalue weighted by Crippen LogP contribution is 2.10. The zero-order valence-corrected chi connectivity index (χ0v) is 8.89. The van der Waals surface area contributed by atoms with E-state index in [-0.39, 0.29) is 5.71 Å². The number of carbonyl (C=O) groups is 2. The van der Waals surface area contributed by atoms with Gasteiger partial charge in [0.25, 0.3) is 5.78 Å². The lowest BCUT2D eigenvalue weighted by atomic mass is 10.1. The molecule has 0 heterocycles. The van der Waals surface area contributed by atoms with Gasteiger partial charge in [0.2, 0.25) is 0 Å². The number of Topliss-reactive ketones (excluding diaryl/α,β-unsaturated/α-hetero) is 1.